The van der Waals surface area contributed by atoms with E-state index in [0.717, 1.165) is 25.7 Å². The highest BCUT2D eigenvalue weighted by atomic mass is 16.2. The summed E-state index contributed by atoms with van der Waals surface area (Å²) in [5.41, 5.74) is -0.256. The smallest absolute Gasteiger partial charge is 0.246 e. The minimum Gasteiger partial charge on any atom is -0.342 e. The summed E-state index contributed by atoms with van der Waals surface area (Å²) in [6, 6.07) is -0.547. The van der Waals surface area contributed by atoms with E-state index in [2.05, 4.69) is 26.1 Å². The number of carbonyl (C=O) groups excluding carboxylic acids is 2. The Morgan fingerprint density at radius 3 is 2.10 bits per heavy atom. The Morgan fingerprint density at radius 1 is 1.15 bits per heavy atom. The van der Waals surface area contributed by atoms with E-state index in [1.807, 2.05) is 25.7 Å². The van der Waals surface area contributed by atoms with Crippen LogP contribution in [0.25, 0.3) is 0 Å². The van der Waals surface area contributed by atoms with Gasteiger partial charge in [-0.25, -0.2) is 0 Å². The van der Waals surface area contributed by atoms with Gasteiger partial charge in [0.05, 0.1) is 0 Å². The summed E-state index contributed by atoms with van der Waals surface area (Å²) in [6.45, 7) is 12.2. The molecule has 1 fully saturated rings. The van der Waals surface area contributed by atoms with Gasteiger partial charge in [-0.15, -0.1) is 0 Å². The molecule has 0 aliphatic carbocycles. The first-order chi connectivity index (χ1) is 9.27. The van der Waals surface area contributed by atoms with Crippen LogP contribution < -0.4 is 5.32 Å². The summed E-state index contributed by atoms with van der Waals surface area (Å²) in [5, 5.41) is 2.94. The van der Waals surface area contributed by atoms with E-state index in [4.69, 9.17) is 0 Å². The number of nitrogens with one attached hydrogen (secondary N) is 1. The number of nitrogens with zero attached hydrogens (tertiary/aromatic N) is 1. The zero-order valence-corrected chi connectivity index (χ0v) is 13.8. The molecule has 1 aliphatic heterocycles. The molecular formula is C16H30N2O2. The van der Waals surface area contributed by atoms with Crippen LogP contribution in [0.3, 0.4) is 0 Å². The standard InChI is InChI=1S/C16H30N2O2/c1-7-10-12-14(19)17-13(16(4,5)6)15(20)18(12)11(8-2)9-3/h11-13H,7-10H2,1-6H3,(H,17,19). The molecule has 2 atom stereocenters. The van der Waals surface area contributed by atoms with E-state index in [0.29, 0.717) is 0 Å². The second kappa shape index (κ2) is 6.59. The molecule has 2 unspecified atom stereocenters. The van der Waals surface area contributed by atoms with Crippen molar-refractivity contribution in [3.05, 3.63) is 0 Å². The van der Waals surface area contributed by atoms with Gasteiger partial charge in [0.15, 0.2) is 0 Å². The summed E-state index contributed by atoms with van der Waals surface area (Å²) in [4.78, 5) is 27.2. The van der Waals surface area contributed by atoms with Crippen molar-refractivity contribution in [2.24, 2.45) is 5.41 Å². The average molecular weight is 282 g/mol. The van der Waals surface area contributed by atoms with Crippen molar-refractivity contribution in [3.8, 4) is 0 Å². The number of rotatable bonds is 5. The third-order valence-corrected chi connectivity index (χ3v) is 4.19. The van der Waals surface area contributed by atoms with Crippen LogP contribution >= 0.6 is 0 Å². The SMILES string of the molecule is CCCC1C(=O)NC(C(C)(C)C)C(=O)N1C(CC)CC. The predicted molar refractivity (Wildman–Crippen MR) is 81.3 cm³/mol. The van der Waals surface area contributed by atoms with Crippen molar-refractivity contribution in [1.29, 1.82) is 0 Å². The van der Waals surface area contributed by atoms with Gasteiger partial charge in [0.25, 0.3) is 0 Å². The molecule has 0 bridgehead atoms. The zero-order valence-electron chi connectivity index (χ0n) is 13.8. The Labute approximate surface area is 123 Å². The van der Waals surface area contributed by atoms with Gasteiger partial charge in [0.1, 0.15) is 12.1 Å². The number of piperazine rings is 1. The molecule has 0 saturated carbocycles. The summed E-state index contributed by atoms with van der Waals surface area (Å²) in [7, 11) is 0. The Bertz CT molecular complexity index is 356. The van der Waals surface area contributed by atoms with Gasteiger partial charge in [0.2, 0.25) is 11.8 Å². The number of carbonyl (C=O) groups is 2. The first-order valence-electron chi connectivity index (χ1n) is 7.90. The average Bonchev–Trinajstić information content (AvgIpc) is 2.36. The highest BCUT2D eigenvalue weighted by Crippen LogP contribution is 2.29. The molecule has 0 aromatic carbocycles. The molecule has 1 heterocycles. The first kappa shape index (κ1) is 17.0. The summed E-state index contributed by atoms with van der Waals surface area (Å²) in [5.74, 6) is 0.0996. The van der Waals surface area contributed by atoms with Crippen LogP contribution in [0, 0.1) is 5.41 Å². The maximum atomic E-state index is 12.9. The number of hydrogen-bond donors (Lipinski definition) is 1. The Kier molecular flexibility index (Phi) is 5.60. The van der Waals surface area contributed by atoms with E-state index >= 15 is 0 Å². The topological polar surface area (TPSA) is 49.4 Å². The molecule has 116 valence electrons. The Morgan fingerprint density at radius 2 is 1.70 bits per heavy atom. The van der Waals surface area contributed by atoms with Gasteiger partial charge in [-0.3, -0.25) is 9.59 Å². The fraction of sp³-hybridized carbons (Fsp3) is 0.875. The molecule has 0 aromatic heterocycles. The monoisotopic (exact) mass is 282 g/mol. The maximum Gasteiger partial charge on any atom is 0.246 e. The van der Waals surface area contributed by atoms with Crippen LogP contribution in [0.1, 0.15) is 67.2 Å². The third kappa shape index (κ3) is 3.33. The third-order valence-electron chi connectivity index (χ3n) is 4.19. The van der Waals surface area contributed by atoms with E-state index in [1.165, 1.54) is 0 Å². The van der Waals surface area contributed by atoms with Crippen LogP contribution in [0.4, 0.5) is 0 Å². The second-order valence-electron chi connectivity index (χ2n) is 6.83. The normalized spacial score (nSPS) is 24.2. The quantitative estimate of drug-likeness (QED) is 0.843. The maximum absolute atomic E-state index is 12.9. The molecule has 2 amide bonds. The highest BCUT2D eigenvalue weighted by molar-refractivity contribution is 5.97. The van der Waals surface area contributed by atoms with Gasteiger partial charge in [-0.1, -0.05) is 48.0 Å². The minimum absolute atomic E-state index is 0.0123. The lowest BCUT2D eigenvalue weighted by molar-refractivity contribution is -0.155. The van der Waals surface area contributed by atoms with Crippen LogP contribution in [0.15, 0.2) is 0 Å². The van der Waals surface area contributed by atoms with Crippen LogP contribution in [-0.4, -0.2) is 34.8 Å². The molecule has 1 rings (SSSR count). The Balaban J connectivity index is 3.13. The van der Waals surface area contributed by atoms with Crippen molar-refractivity contribution in [3.63, 3.8) is 0 Å². The number of hydrogen-bond acceptors (Lipinski definition) is 2. The van der Waals surface area contributed by atoms with Crippen LogP contribution in [0.5, 0.6) is 0 Å². The van der Waals surface area contributed by atoms with E-state index in [-0.39, 0.29) is 29.3 Å². The zero-order chi connectivity index (χ0) is 15.5. The van der Waals surface area contributed by atoms with Crippen molar-refractivity contribution in [1.82, 2.24) is 10.2 Å². The van der Waals surface area contributed by atoms with Crippen LogP contribution in [0.2, 0.25) is 0 Å². The molecule has 1 aliphatic rings. The largest absolute Gasteiger partial charge is 0.342 e. The second-order valence-corrected chi connectivity index (χ2v) is 6.83. The lowest BCUT2D eigenvalue weighted by Gasteiger charge is -2.46. The molecule has 20 heavy (non-hydrogen) atoms. The molecule has 0 spiro atoms. The first-order valence-corrected chi connectivity index (χ1v) is 7.90. The highest BCUT2D eigenvalue weighted by Gasteiger charge is 2.46. The lowest BCUT2D eigenvalue weighted by Crippen LogP contribution is -2.68. The van der Waals surface area contributed by atoms with Crippen molar-refractivity contribution >= 4 is 11.8 Å². The van der Waals surface area contributed by atoms with E-state index < -0.39 is 6.04 Å². The molecule has 1 saturated heterocycles. The molecule has 0 radical (unpaired) electrons. The summed E-state index contributed by atoms with van der Waals surface area (Å²) in [6.07, 6.45) is 3.44. The fourth-order valence-corrected chi connectivity index (χ4v) is 2.98. The van der Waals surface area contributed by atoms with Crippen LogP contribution in [-0.2, 0) is 9.59 Å². The van der Waals surface area contributed by atoms with Gasteiger partial charge >= 0.3 is 0 Å². The minimum atomic E-state index is -0.413. The van der Waals surface area contributed by atoms with Crippen molar-refractivity contribution in [2.75, 3.05) is 0 Å². The molecule has 0 aromatic rings. The van der Waals surface area contributed by atoms with Gasteiger partial charge in [-0.05, 0) is 24.7 Å². The molecule has 1 N–H and O–H groups in total. The summed E-state index contributed by atoms with van der Waals surface area (Å²) < 4.78 is 0. The van der Waals surface area contributed by atoms with Crippen molar-refractivity contribution < 1.29 is 9.59 Å². The fourth-order valence-electron chi connectivity index (χ4n) is 2.98. The van der Waals surface area contributed by atoms with Gasteiger partial charge in [0, 0.05) is 6.04 Å². The van der Waals surface area contributed by atoms with Gasteiger partial charge in [-0.2, -0.15) is 0 Å². The van der Waals surface area contributed by atoms with E-state index in [9.17, 15) is 9.59 Å². The summed E-state index contributed by atoms with van der Waals surface area (Å²) >= 11 is 0. The number of amides is 2. The lowest BCUT2D eigenvalue weighted by atomic mass is 9.82. The predicted octanol–water partition coefficient (Wildman–Crippen LogP) is 2.72. The van der Waals surface area contributed by atoms with Crippen molar-refractivity contribution in [2.45, 2.75) is 85.4 Å². The van der Waals surface area contributed by atoms with E-state index in [1.54, 1.807) is 0 Å². The molecular weight excluding hydrogens is 252 g/mol. The molecule has 4 heteroatoms. The Hall–Kier alpha value is -1.06. The van der Waals surface area contributed by atoms with Gasteiger partial charge < -0.3 is 10.2 Å². The molecule has 4 nitrogen and oxygen atoms in total.